The number of fused-ring (bicyclic) bond motifs is 1. The van der Waals surface area contributed by atoms with Gasteiger partial charge in [-0.3, -0.25) is 4.79 Å². The molecular formula is C18H13F3N2O4. The predicted molar refractivity (Wildman–Crippen MR) is 91.0 cm³/mol. The number of hydrogen-bond donors (Lipinski definition) is 1. The SMILES string of the molecule is Cc1cc(=O)oc2cc(NC(=O)c3cccnc3OCC(F)(F)F)ccc12. The minimum atomic E-state index is -4.56. The Balaban J connectivity index is 1.85. The van der Waals surface area contributed by atoms with E-state index in [0.717, 1.165) is 0 Å². The summed E-state index contributed by atoms with van der Waals surface area (Å²) < 4.78 is 46.7. The van der Waals surface area contributed by atoms with Gasteiger partial charge >= 0.3 is 11.8 Å². The molecule has 2 heterocycles. The zero-order valence-electron chi connectivity index (χ0n) is 14.0. The smallest absolute Gasteiger partial charge is 0.422 e. The molecule has 0 bridgehead atoms. The lowest BCUT2D eigenvalue weighted by molar-refractivity contribution is -0.154. The first-order valence-electron chi connectivity index (χ1n) is 7.73. The van der Waals surface area contributed by atoms with Crippen LogP contribution in [0.5, 0.6) is 5.88 Å². The standard InChI is InChI=1S/C18H13F3N2O4/c1-10-7-15(24)27-14-8-11(4-5-12(10)14)23-16(25)13-3-2-6-22-17(13)26-9-18(19,20)21/h2-8H,9H2,1H3,(H,23,25). The van der Waals surface area contributed by atoms with Crippen LogP contribution < -0.4 is 15.7 Å². The summed E-state index contributed by atoms with van der Waals surface area (Å²) in [4.78, 5) is 27.6. The number of alkyl halides is 3. The number of aromatic nitrogens is 1. The first-order chi connectivity index (χ1) is 12.7. The van der Waals surface area contributed by atoms with Crippen LogP contribution in [0.4, 0.5) is 18.9 Å². The lowest BCUT2D eigenvalue weighted by atomic mass is 10.1. The summed E-state index contributed by atoms with van der Waals surface area (Å²) in [6, 6.07) is 8.74. The summed E-state index contributed by atoms with van der Waals surface area (Å²) in [5, 5.41) is 3.22. The van der Waals surface area contributed by atoms with Crippen molar-refractivity contribution < 1.29 is 27.1 Å². The third-order valence-corrected chi connectivity index (χ3v) is 3.60. The van der Waals surface area contributed by atoms with Crippen LogP contribution >= 0.6 is 0 Å². The average molecular weight is 378 g/mol. The van der Waals surface area contributed by atoms with Crippen molar-refractivity contribution in [3.05, 3.63) is 64.1 Å². The number of nitrogens with one attached hydrogen (secondary N) is 1. The minimum absolute atomic E-state index is 0.160. The molecule has 0 fully saturated rings. The van der Waals surface area contributed by atoms with Crippen molar-refractivity contribution >= 4 is 22.6 Å². The molecule has 0 aliphatic carbocycles. The number of benzene rings is 1. The van der Waals surface area contributed by atoms with Gasteiger partial charge in [0, 0.05) is 29.4 Å². The van der Waals surface area contributed by atoms with E-state index in [1.807, 2.05) is 0 Å². The Morgan fingerprint density at radius 3 is 2.78 bits per heavy atom. The number of anilines is 1. The van der Waals surface area contributed by atoms with E-state index in [2.05, 4.69) is 15.0 Å². The molecule has 6 nitrogen and oxygen atoms in total. The Labute approximate surface area is 150 Å². The van der Waals surface area contributed by atoms with Gasteiger partial charge in [0.15, 0.2) is 6.61 Å². The Kier molecular flexibility index (Phi) is 4.85. The number of pyridine rings is 1. The van der Waals surface area contributed by atoms with Crippen molar-refractivity contribution in [3.63, 3.8) is 0 Å². The van der Waals surface area contributed by atoms with Gasteiger partial charge in [0.05, 0.1) is 0 Å². The topological polar surface area (TPSA) is 81.4 Å². The van der Waals surface area contributed by atoms with Gasteiger partial charge in [0.1, 0.15) is 11.1 Å². The molecule has 0 radical (unpaired) electrons. The molecule has 3 rings (SSSR count). The number of aryl methyl sites for hydroxylation is 1. The first-order valence-corrected chi connectivity index (χ1v) is 7.73. The summed E-state index contributed by atoms with van der Waals surface area (Å²) in [5.74, 6) is -1.15. The van der Waals surface area contributed by atoms with Crippen LogP contribution in [0, 0.1) is 6.92 Å². The monoisotopic (exact) mass is 378 g/mol. The van der Waals surface area contributed by atoms with Gasteiger partial charge in [-0.2, -0.15) is 13.2 Å². The van der Waals surface area contributed by atoms with Gasteiger partial charge in [0.2, 0.25) is 5.88 Å². The second-order valence-corrected chi connectivity index (χ2v) is 5.67. The number of nitrogens with zero attached hydrogens (tertiary/aromatic N) is 1. The molecule has 2 aromatic heterocycles. The lowest BCUT2D eigenvalue weighted by Crippen LogP contribution is -2.22. The van der Waals surface area contributed by atoms with Gasteiger partial charge in [-0.1, -0.05) is 0 Å². The second kappa shape index (κ2) is 7.10. The third-order valence-electron chi connectivity index (χ3n) is 3.60. The first kappa shape index (κ1) is 18.4. The maximum Gasteiger partial charge on any atom is 0.422 e. The molecule has 0 aliphatic rings. The van der Waals surface area contributed by atoms with Crippen molar-refractivity contribution in [2.75, 3.05) is 11.9 Å². The summed E-state index contributed by atoms with van der Waals surface area (Å²) in [7, 11) is 0. The van der Waals surface area contributed by atoms with Crippen LogP contribution in [0.15, 0.2) is 51.8 Å². The molecule has 0 saturated heterocycles. The van der Waals surface area contributed by atoms with E-state index in [4.69, 9.17) is 4.42 Å². The van der Waals surface area contributed by atoms with E-state index >= 15 is 0 Å². The second-order valence-electron chi connectivity index (χ2n) is 5.67. The zero-order valence-corrected chi connectivity index (χ0v) is 14.0. The fourth-order valence-electron chi connectivity index (χ4n) is 2.43. The number of hydrogen-bond acceptors (Lipinski definition) is 5. The van der Waals surface area contributed by atoms with E-state index < -0.39 is 30.2 Å². The van der Waals surface area contributed by atoms with E-state index in [9.17, 15) is 22.8 Å². The van der Waals surface area contributed by atoms with E-state index in [1.54, 1.807) is 19.1 Å². The van der Waals surface area contributed by atoms with E-state index in [-0.39, 0.29) is 11.1 Å². The molecule has 1 N–H and O–H groups in total. The van der Waals surface area contributed by atoms with Crippen molar-refractivity contribution in [2.45, 2.75) is 13.1 Å². The van der Waals surface area contributed by atoms with Gasteiger partial charge in [-0.25, -0.2) is 9.78 Å². The fraction of sp³-hybridized carbons (Fsp3) is 0.167. The molecule has 0 saturated carbocycles. The molecule has 0 atom stereocenters. The Bertz CT molecular complexity index is 1060. The third kappa shape index (κ3) is 4.43. The highest BCUT2D eigenvalue weighted by molar-refractivity contribution is 6.06. The molecule has 0 unspecified atom stereocenters. The molecule has 0 spiro atoms. The maximum atomic E-state index is 12.4. The fourth-order valence-corrected chi connectivity index (χ4v) is 2.43. The molecule has 1 aromatic carbocycles. The molecule has 27 heavy (non-hydrogen) atoms. The average Bonchev–Trinajstić information content (AvgIpc) is 2.59. The van der Waals surface area contributed by atoms with Crippen LogP contribution in [0.2, 0.25) is 0 Å². The zero-order chi connectivity index (χ0) is 19.6. The molecule has 9 heteroatoms. The highest BCUT2D eigenvalue weighted by Crippen LogP contribution is 2.23. The Morgan fingerprint density at radius 2 is 2.04 bits per heavy atom. The van der Waals surface area contributed by atoms with E-state index in [0.29, 0.717) is 16.6 Å². The quantitative estimate of drug-likeness (QED) is 0.701. The van der Waals surface area contributed by atoms with Gasteiger partial charge in [-0.15, -0.1) is 0 Å². The van der Waals surface area contributed by atoms with Crippen molar-refractivity contribution in [1.82, 2.24) is 4.98 Å². The summed E-state index contributed by atoms with van der Waals surface area (Å²) in [6.07, 6.45) is -3.34. The van der Waals surface area contributed by atoms with Crippen molar-refractivity contribution in [3.8, 4) is 5.88 Å². The van der Waals surface area contributed by atoms with Crippen LogP contribution in [-0.4, -0.2) is 23.7 Å². The maximum absolute atomic E-state index is 12.4. The molecule has 0 aliphatic heterocycles. The summed E-state index contributed by atoms with van der Waals surface area (Å²) in [6.45, 7) is 0.183. The number of carbonyl (C=O) groups is 1. The highest BCUT2D eigenvalue weighted by atomic mass is 19.4. The van der Waals surface area contributed by atoms with Gasteiger partial charge < -0.3 is 14.5 Å². The Hall–Kier alpha value is -3.36. The van der Waals surface area contributed by atoms with Crippen LogP contribution in [0.3, 0.4) is 0 Å². The predicted octanol–water partition coefficient (Wildman–Crippen LogP) is 3.69. The number of rotatable bonds is 4. The van der Waals surface area contributed by atoms with Crippen LogP contribution in [0.25, 0.3) is 11.0 Å². The molecule has 1 amide bonds. The molecule has 3 aromatic rings. The Morgan fingerprint density at radius 1 is 1.26 bits per heavy atom. The van der Waals surface area contributed by atoms with Crippen molar-refractivity contribution in [2.24, 2.45) is 0 Å². The molecule has 140 valence electrons. The number of carbonyl (C=O) groups excluding carboxylic acids is 1. The summed E-state index contributed by atoms with van der Waals surface area (Å²) in [5.41, 5.74) is 0.602. The normalized spacial score (nSPS) is 11.4. The minimum Gasteiger partial charge on any atom is -0.467 e. The lowest BCUT2D eigenvalue weighted by Gasteiger charge is -2.12. The number of halogens is 3. The van der Waals surface area contributed by atoms with Crippen LogP contribution in [-0.2, 0) is 0 Å². The largest absolute Gasteiger partial charge is 0.467 e. The van der Waals surface area contributed by atoms with E-state index in [1.165, 1.54) is 30.5 Å². The van der Waals surface area contributed by atoms with Gasteiger partial charge in [0.25, 0.3) is 5.91 Å². The molecular weight excluding hydrogens is 365 g/mol. The summed E-state index contributed by atoms with van der Waals surface area (Å²) >= 11 is 0. The van der Waals surface area contributed by atoms with Gasteiger partial charge in [-0.05, 0) is 36.8 Å². The highest BCUT2D eigenvalue weighted by Gasteiger charge is 2.29. The number of ether oxygens (including phenoxy) is 1. The van der Waals surface area contributed by atoms with Crippen LogP contribution in [0.1, 0.15) is 15.9 Å². The van der Waals surface area contributed by atoms with Crippen molar-refractivity contribution in [1.29, 1.82) is 0 Å². The number of amides is 1.